The molecule has 162 valence electrons. The summed E-state index contributed by atoms with van der Waals surface area (Å²) < 4.78 is 7.60. The van der Waals surface area contributed by atoms with Crippen LogP contribution in [0.5, 0.6) is 5.75 Å². The summed E-state index contributed by atoms with van der Waals surface area (Å²) in [7, 11) is 1.61. The summed E-state index contributed by atoms with van der Waals surface area (Å²) in [5.74, 6) is 1.62. The van der Waals surface area contributed by atoms with Crippen LogP contribution in [0.25, 0.3) is 11.0 Å². The summed E-state index contributed by atoms with van der Waals surface area (Å²) in [5, 5.41) is 0.535. The second-order valence-electron chi connectivity index (χ2n) is 8.19. The van der Waals surface area contributed by atoms with Crippen molar-refractivity contribution in [3.63, 3.8) is 0 Å². The van der Waals surface area contributed by atoms with Crippen molar-refractivity contribution in [3.05, 3.63) is 88.7 Å². The number of imidazole rings is 1. The number of anilines is 1. The number of aromatic nitrogens is 2. The number of hydrogen-bond acceptors (Lipinski definition) is 3. The Morgan fingerprint density at radius 2 is 1.88 bits per heavy atom. The maximum absolute atomic E-state index is 13.0. The summed E-state index contributed by atoms with van der Waals surface area (Å²) in [4.78, 5) is 19.8. The third kappa shape index (κ3) is 3.63. The maximum Gasteiger partial charge on any atom is 0.227 e. The largest absolute Gasteiger partial charge is 0.497 e. The zero-order valence-corrected chi connectivity index (χ0v) is 18.8. The first-order valence-electron chi connectivity index (χ1n) is 10.7. The number of fused-ring (bicyclic) bond motifs is 1. The fourth-order valence-electron chi connectivity index (χ4n) is 4.47. The smallest absolute Gasteiger partial charge is 0.227 e. The number of methoxy groups -OCH3 is 1. The summed E-state index contributed by atoms with van der Waals surface area (Å²) in [5.41, 5.74) is 5.19. The number of para-hydroxylation sites is 2. The Kier molecular flexibility index (Phi) is 5.35. The van der Waals surface area contributed by atoms with Crippen LogP contribution in [0.15, 0.2) is 66.7 Å². The minimum absolute atomic E-state index is 0.0267. The third-order valence-corrected chi connectivity index (χ3v) is 6.53. The quantitative estimate of drug-likeness (QED) is 0.403. The number of hydrogen-bond donors (Lipinski definition) is 0. The lowest BCUT2D eigenvalue weighted by Gasteiger charge is -2.19. The molecule has 1 aromatic heterocycles. The van der Waals surface area contributed by atoms with Crippen molar-refractivity contribution in [3.8, 4) is 5.75 Å². The second kappa shape index (κ2) is 8.32. The fraction of sp³-hybridized carbons (Fsp3) is 0.231. The van der Waals surface area contributed by atoms with Crippen molar-refractivity contribution in [2.24, 2.45) is 0 Å². The van der Waals surface area contributed by atoms with Crippen molar-refractivity contribution in [1.82, 2.24) is 9.55 Å². The van der Waals surface area contributed by atoms with Gasteiger partial charge in [0.2, 0.25) is 5.91 Å². The Labute approximate surface area is 192 Å². The number of carbonyl (C=O) groups is 1. The Morgan fingerprint density at radius 3 is 2.69 bits per heavy atom. The highest BCUT2D eigenvalue weighted by atomic mass is 35.5. The van der Waals surface area contributed by atoms with Crippen LogP contribution in [0.1, 0.15) is 29.3 Å². The lowest BCUT2D eigenvalue weighted by Crippen LogP contribution is -2.25. The Hall–Kier alpha value is -3.31. The average Bonchev–Trinajstić information content (AvgIpc) is 3.36. The average molecular weight is 446 g/mol. The summed E-state index contributed by atoms with van der Waals surface area (Å²) in [6, 6.07) is 21.9. The van der Waals surface area contributed by atoms with Crippen LogP contribution in [-0.4, -0.2) is 29.1 Å². The number of amides is 1. The summed E-state index contributed by atoms with van der Waals surface area (Å²) >= 11 is 6.44. The maximum atomic E-state index is 13.0. The van der Waals surface area contributed by atoms with Gasteiger partial charge < -0.3 is 14.2 Å². The van der Waals surface area contributed by atoms with Crippen molar-refractivity contribution in [2.75, 3.05) is 18.6 Å². The van der Waals surface area contributed by atoms with Crippen LogP contribution < -0.4 is 9.64 Å². The molecule has 1 aliphatic rings. The zero-order chi connectivity index (χ0) is 22.2. The number of halogens is 1. The number of benzene rings is 3. The molecule has 0 bridgehead atoms. The molecule has 0 spiro atoms. The molecule has 32 heavy (non-hydrogen) atoms. The van der Waals surface area contributed by atoms with Gasteiger partial charge in [0, 0.05) is 31.5 Å². The number of rotatable bonds is 5. The second-order valence-corrected chi connectivity index (χ2v) is 8.60. The normalized spacial score (nSPS) is 16.2. The van der Waals surface area contributed by atoms with E-state index in [0.717, 1.165) is 16.9 Å². The van der Waals surface area contributed by atoms with Gasteiger partial charge in [0.15, 0.2) is 0 Å². The molecular weight excluding hydrogens is 422 g/mol. The highest BCUT2D eigenvalue weighted by molar-refractivity contribution is 6.34. The third-order valence-electron chi connectivity index (χ3n) is 6.21. The molecule has 1 aliphatic heterocycles. The number of aryl methyl sites for hydroxylation is 1. The van der Waals surface area contributed by atoms with Gasteiger partial charge in [-0.05, 0) is 42.3 Å². The molecule has 1 amide bonds. The standard InChI is InChI=1S/C26H24ClN3O2/c1-17-7-3-4-8-18(17)15-30-23-10-6-5-9-22(23)28-26(30)19-13-25(31)29(16-19)24-14-20(32-2)11-12-21(24)27/h3-12,14,19H,13,15-16H2,1-2H3/t19-/m1/s1. The van der Waals surface area contributed by atoms with Crippen LogP contribution in [-0.2, 0) is 11.3 Å². The fourth-order valence-corrected chi connectivity index (χ4v) is 4.69. The van der Waals surface area contributed by atoms with E-state index >= 15 is 0 Å². The van der Waals surface area contributed by atoms with E-state index in [4.69, 9.17) is 21.3 Å². The number of ether oxygens (including phenoxy) is 1. The SMILES string of the molecule is COc1ccc(Cl)c(N2C[C@H](c3nc4ccccc4n3Cc3ccccc3C)CC2=O)c1. The number of carbonyl (C=O) groups excluding carboxylic acids is 1. The van der Waals surface area contributed by atoms with Gasteiger partial charge in [0.1, 0.15) is 11.6 Å². The van der Waals surface area contributed by atoms with E-state index in [-0.39, 0.29) is 11.8 Å². The molecule has 5 nitrogen and oxygen atoms in total. The molecule has 0 saturated carbocycles. The molecule has 0 N–H and O–H groups in total. The van der Waals surface area contributed by atoms with Gasteiger partial charge in [-0.25, -0.2) is 4.98 Å². The molecule has 4 aromatic rings. The molecule has 0 radical (unpaired) electrons. The topological polar surface area (TPSA) is 47.4 Å². The Bertz CT molecular complexity index is 1310. The van der Waals surface area contributed by atoms with E-state index in [9.17, 15) is 4.79 Å². The van der Waals surface area contributed by atoms with E-state index in [1.54, 1.807) is 24.1 Å². The van der Waals surface area contributed by atoms with Gasteiger partial charge in [0.05, 0.1) is 28.9 Å². The molecule has 2 heterocycles. The van der Waals surface area contributed by atoms with Crippen molar-refractivity contribution >= 4 is 34.2 Å². The summed E-state index contributed by atoms with van der Waals surface area (Å²) in [6.45, 7) is 3.37. The van der Waals surface area contributed by atoms with Crippen molar-refractivity contribution in [1.29, 1.82) is 0 Å². The van der Waals surface area contributed by atoms with E-state index in [2.05, 4.69) is 41.8 Å². The van der Waals surface area contributed by atoms with Crippen molar-refractivity contribution < 1.29 is 9.53 Å². The lowest BCUT2D eigenvalue weighted by atomic mass is 10.1. The predicted octanol–water partition coefficient (Wildman–Crippen LogP) is 5.58. The monoisotopic (exact) mass is 445 g/mol. The van der Waals surface area contributed by atoms with Gasteiger partial charge in [-0.3, -0.25) is 4.79 Å². The molecular formula is C26H24ClN3O2. The molecule has 1 fully saturated rings. The molecule has 0 aliphatic carbocycles. The van der Waals surface area contributed by atoms with Gasteiger partial charge in [-0.2, -0.15) is 0 Å². The first kappa shape index (κ1) is 20.6. The molecule has 6 heteroatoms. The highest BCUT2D eigenvalue weighted by Gasteiger charge is 2.36. The van der Waals surface area contributed by atoms with Crippen LogP contribution in [0, 0.1) is 6.92 Å². The van der Waals surface area contributed by atoms with Gasteiger partial charge in [-0.15, -0.1) is 0 Å². The van der Waals surface area contributed by atoms with E-state index in [1.807, 2.05) is 24.3 Å². The van der Waals surface area contributed by atoms with Crippen molar-refractivity contribution in [2.45, 2.75) is 25.8 Å². The Morgan fingerprint density at radius 1 is 1.09 bits per heavy atom. The lowest BCUT2D eigenvalue weighted by molar-refractivity contribution is -0.117. The van der Waals surface area contributed by atoms with Crippen LogP contribution >= 0.6 is 11.6 Å². The van der Waals surface area contributed by atoms with Gasteiger partial charge in [-0.1, -0.05) is 48.0 Å². The van der Waals surface area contributed by atoms with Gasteiger partial charge in [0.25, 0.3) is 0 Å². The molecule has 5 rings (SSSR count). The van der Waals surface area contributed by atoms with E-state index < -0.39 is 0 Å². The van der Waals surface area contributed by atoms with Crippen LogP contribution in [0.4, 0.5) is 5.69 Å². The summed E-state index contributed by atoms with van der Waals surface area (Å²) in [6.07, 6.45) is 0.393. The van der Waals surface area contributed by atoms with E-state index in [1.165, 1.54) is 11.1 Å². The van der Waals surface area contributed by atoms with Crippen LogP contribution in [0.2, 0.25) is 5.02 Å². The molecule has 1 saturated heterocycles. The van der Waals surface area contributed by atoms with Crippen LogP contribution in [0.3, 0.4) is 0 Å². The minimum Gasteiger partial charge on any atom is -0.497 e. The van der Waals surface area contributed by atoms with E-state index in [0.29, 0.717) is 36.0 Å². The first-order chi connectivity index (χ1) is 15.5. The predicted molar refractivity (Wildman–Crippen MR) is 128 cm³/mol. The molecule has 1 atom stereocenters. The zero-order valence-electron chi connectivity index (χ0n) is 18.1. The number of nitrogens with zero attached hydrogens (tertiary/aromatic N) is 3. The molecule has 3 aromatic carbocycles. The van der Waals surface area contributed by atoms with Gasteiger partial charge >= 0.3 is 0 Å². The Balaban J connectivity index is 1.54. The highest BCUT2D eigenvalue weighted by Crippen LogP contribution is 2.38. The first-order valence-corrected chi connectivity index (χ1v) is 11.1. The minimum atomic E-state index is -0.0267. The molecule has 0 unspecified atom stereocenters.